The Bertz CT molecular complexity index is 571. The molecule has 0 aliphatic carbocycles. The van der Waals surface area contributed by atoms with E-state index in [0.717, 1.165) is 34.1 Å². The van der Waals surface area contributed by atoms with Crippen LogP contribution in [0.5, 0.6) is 5.75 Å². The van der Waals surface area contributed by atoms with E-state index in [4.69, 9.17) is 4.74 Å². The highest BCUT2D eigenvalue weighted by atomic mass is 16.5. The van der Waals surface area contributed by atoms with Gasteiger partial charge in [-0.1, -0.05) is 0 Å². The number of rotatable bonds is 2. The Morgan fingerprint density at radius 3 is 2.28 bits per heavy atom. The summed E-state index contributed by atoms with van der Waals surface area (Å²) in [5.41, 5.74) is 5.46. The number of hydrogen-bond donors (Lipinski definition) is 0. The zero-order valence-electron chi connectivity index (χ0n) is 11.5. The highest BCUT2D eigenvalue weighted by Gasteiger charge is 2.10. The van der Waals surface area contributed by atoms with Crippen molar-refractivity contribution in [2.45, 2.75) is 27.7 Å². The van der Waals surface area contributed by atoms with Crippen LogP contribution in [0.1, 0.15) is 22.6 Å². The maximum absolute atomic E-state index is 5.33. The van der Waals surface area contributed by atoms with E-state index in [1.807, 2.05) is 26.0 Å². The third-order valence-electron chi connectivity index (χ3n) is 3.20. The molecule has 3 heteroatoms. The van der Waals surface area contributed by atoms with Gasteiger partial charge < -0.3 is 4.74 Å². The van der Waals surface area contributed by atoms with Crippen LogP contribution >= 0.6 is 0 Å². The van der Waals surface area contributed by atoms with Gasteiger partial charge in [-0.05, 0) is 57.0 Å². The standard InChI is InChI=1S/C15H18N2O/c1-9-8-14(17-12(4)16-9)13-6-7-15(18-5)11(3)10(13)2/h6-8H,1-5H3. The summed E-state index contributed by atoms with van der Waals surface area (Å²) in [7, 11) is 1.69. The quantitative estimate of drug-likeness (QED) is 0.809. The molecule has 0 amide bonds. The molecule has 0 aliphatic rings. The minimum Gasteiger partial charge on any atom is -0.496 e. The van der Waals surface area contributed by atoms with E-state index in [-0.39, 0.29) is 0 Å². The fraction of sp³-hybridized carbons (Fsp3) is 0.333. The third-order valence-corrected chi connectivity index (χ3v) is 3.20. The molecule has 0 saturated carbocycles. The molecule has 0 bridgehead atoms. The molecule has 0 atom stereocenters. The molecule has 0 radical (unpaired) electrons. The number of ether oxygens (including phenoxy) is 1. The summed E-state index contributed by atoms with van der Waals surface area (Å²) >= 11 is 0. The van der Waals surface area contributed by atoms with Crippen LogP contribution in [0.25, 0.3) is 11.3 Å². The second-order valence-electron chi connectivity index (χ2n) is 4.51. The molecule has 2 rings (SSSR count). The maximum Gasteiger partial charge on any atom is 0.126 e. The van der Waals surface area contributed by atoms with Gasteiger partial charge in [-0.2, -0.15) is 0 Å². The Kier molecular flexibility index (Phi) is 3.32. The molecule has 0 spiro atoms. The fourth-order valence-corrected chi connectivity index (χ4v) is 2.15. The second-order valence-corrected chi connectivity index (χ2v) is 4.51. The van der Waals surface area contributed by atoms with Crippen LogP contribution in [0, 0.1) is 27.7 Å². The normalized spacial score (nSPS) is 10.5. The van der Waals surface area contributed by atoms with Crippen LogP contribution < -0.4 is 4.74 Å². The van der Waals surface area contributed by atoms with E-state index in [0.29, 0.717) is 0 Å². The Morgan fingerprint density at radius 2 is 1.67 bits per heavy atom. The second kappa shape index (κ2) is 4.77. The molecule has 94 valence electrons. The lowest BCUT2D eigenvalue weighted by Gasteiger charge is -2.12. The van der Waals surface area contributed by atoms with Gasteiger partial charge in [0.2, 0.25) is 0 Å². The highest BCUT2D eigenvalue weighted by molar-refractivity contribution is 5.67. The summed E-state index contributed by atoms with van der Waals surface area (Å²) in [6.07, 6.45) is 0. The van der Waals surface area contributed by atoms with Crippen molar-refractivity contribution in [1.29, 1.82) is 0 Å². The number of hydrogen-bond acceptors (Lipinski definition) is 3. The van der Waals surface area contributed by atoms with E-state index >= 15 is 0 Å². The summed E-state index contributed by atoms with van der Waals surface area (Å²) < 4.78 is 5.33. The average Bonchev–Trinajstić information content (AvgIpc) is 2.31. The number of aromatic nitrogens is 2. The van der Waals surface area contributed by atoms with Crippen LogP contribution in [0.2, 0.25) is 0 Å². The molecule has 0 unspecified atom stereocenters. The molecule has 1 heterocycles. The average molecular weight is 242 g/mol. The van der Waals surface area contributed by atoms with Crippen LogP contribution in [0.3, 0.4) is 0 Å². The summed E-state index contributed by atoms with van der Waals surface area (Å²) in [5.74, 6) is 1.72. The number of nitrogens with zero attached hydrogens (tertiary/aromatic N) is 2. The molecule has 18 heavy (non-hydrogen) atoms. The number of methoxy groups -OCH3 is 1. The van der Waals surface area contributed by atoms with E-state index in [1.54, 1.807) is 7.11 Å². The van der Waals surface area contributed by atoms with Crippen molar-refractivity contribution >= 4 is 0 Å². The Labute approximate surface area is 108 Å². The lowest BCUT2D eigenvalue weighted by molar-refractivity contribution is 0.411. The monoisotopic (exact) mass is 242 g/mol. The third kappa shape index (κ3) is 2.21. The minimum absolute atomic E-state index is 0.804. The number of aryl methyl sites for hydroxylation is 2. The lowest BCUT2D eigenvalue weighted by atomic mass is 9.99. The van der Waals surface area contributed by atoms with Crippen LogP contribution in [-0.2, 0) is 0 Å². The van der Waals surface area contributed by atoms with Crippen molar-refractivity contribution in [2.24, 2.45) is 0 Å². The Morgan fingerprint density at radius 1 is 0.944 bits per heavy atom. The van der Waals surface area contributed by atoms with Crippen LogP contribution in [0.4, 0.5) is 0 Å². The zero-order chi connectivity index (χ0) is 13.3. The summed E-state index contributed by atoms with van der Waals surface area (Å²) in [4.78, 5) is 8.82. The fourth-order valence-electron chi connectivity index (χ4n) is 2.15. The first-order valence-electron chi connectivity index (χ1n) is 5.99. The molecule has 2 aromatic rings. The van der Waals surface area contributed by atoms with Crippen LogP contribution in [-0.4, -0.2) is 17.1 Å². The molecule has 1 aromatic heterocycles. The molecule has 0 fully saturated rings. The van der Waals surface area contributed by atoms with Gasteiger partial charge >= 0.3 is 0 Å². The molecule has 0 saturated heterocycles. The van der Waals surface area contributed by atoms with Gasteiger partial charge in [-0.3, -0.25) is 0 Å². The van der Waals surface area contributed by atoms with Crippen molar-refractivity contribution in [2.75, 3.05) is 7.11 Å². The SMILES string of the molecule is COc1ccc(-c2cc(C)nc(C)n2)c(C)c1C. The van der Waals surface area contributed by atoms with Crippen molar-refractivity contribution in [1.82, 2.24) is 9.97 Å². The van der Waals surface area contributed by atoms with Gasteiger partial charge in [0.15, 0.2) is 0 Å². The van der Waals surface area contributed by atoms with Crippen molar-refractivity contribution in [3.63, 3.8) is 0 Å². The van der Waals surface area contributed by atoms with Gasteiger partial charge in [0.1, 0.15) is 11.6 Å². The summed E-state index contributed by atoms with van der Waals surface area (Å²) in [6, 6.07) is 6.06. The van der Waals surface area contributed by atoms with Crippen molar-refractivity contribution in [3.05, 3.63) is 40.8 Å². The first-order valence-corrected chi connectivity index (χ1v) is 5.99. The van der Waals surface area contributed by atoms with E-state index < -0.39 is 0 Å². The molecule has 0 aliphatic heterocycles. The lowest BCUT2D eigenvalue weighted by Crippen LogP contribution is -1.97. The van der Waals surface area contributed by atoms with E-state index in [9.17, 15) is 0 Å². The smallest absolute Gasteiger partial charge is 0.126 e. The molecular formula is C15H18N2O. The van der Waals surface area contributed by atoms with Gasteiger partial charge in [0.05, 0.1) is 12.8 Å². The minimum atomic E-state index is 0.804. The zero-order valence-corrected chi connectivity index (χ0v) is 11.5. The molecule has 0 N–H and O–H groups in total. The largest absolute Gasteiger partial charge is 0.496 e. The maximum atomic E-state index is 5.33. The van der Waals surface area contributed by atoms with Crippen molar-refractivity contribution < 1.29 is 4.74 Å². The molecule has 1 aromatic carbocycles. The molecule has 3 nitrogen and oxygen atoms in total. The first-order chi connectivity index (χ1) is 8.52. The van der Waals surface area contributed by atoms with Crippen molar-refractivity contribution in [3.8, 4) is 17.0 Å². The predicted octanol–water partition coefficient (Wildman–Crippen LogP) is 3.39. The number of benzene rings is 1. The Hall–Kier alpha value is -1.90. The van der Waals surface area contributed by atoms with Crippen LogP contribution in [0.15, 0.2) is 18.2 Å². The Balaban J connectivity index is 2.61. The predicted molar refractivity (Wildman–Crippen MR) is 73.0 cm³/mol. The van der Waals surface area contributed by atoms with Gasteiger partial charge in [0.25, 0.3) is 0 Å². The topological polar surface area (TPSA) is 35.0 Å². The van der Waals surface area contributed by atoms with E-state index in [1.165, 1.54) is 5.56 Å². The van der Waals surface area contributed by atoms with E-state index in [2.05, 4.69) is 29.9 Å². The first kappa shape index (κ1) is 12.6. The highest BCUT2D eigenvalue weighted by Crippen LogP contribution is 2.30. The summed E-state index contributed by atoms with van der Waals surface area (Å²) in [6.45, 7) is 8.07. The van der Waals surface area contributed by atoms with Gasteiger partial charge in [-0.15, -0.1) is 0 Å². The van der Waals surface area contributed by atoms with Gasteiger partial charge in [0, 0.05) is 11.3 Å². The molecular weight excluding hydrogens is 224 g/mol. The van der Waals surface area contributed by atoms with Gasteiger partial charge in [-0.25, -0.2) is 9.97 Å². The summed E-state index contributed by atoms with van der Waals surface area (Å²) in [5, 5.41) is 0.